The lowest BCUT2D eigenvalue weighted by Crippen LogP contribution is -2.35. The van der Waals surface area contributed by atoms with E-state index >= 15 is 0 Å². The van der Waals surface area contributed by atoms with E-state index in [0.29, 0.717) is 38.3 Å². The SMILES string of the molecule is C=CCOCCC1CCN(c2nc(Nc3ccc(OCCN4CCCC4)c(COCC=C)c3)ncc2C)CC1. The van der Waals surface area contributed by atoms with Gasteiger partial charge >= 0.3 is 0 Å². The fraction of sp³-hybridized carbons (Fsp3) is 0.548. The summed E-state index contributed by atoms with van der Waals surface area (Å²) in [7, 11) is 0. The van der Waals surface area contributed by atoms with Crippen LogP contribution in [-0.2, 0) is 16.1 Å². The molecule has 2 fully saturated rings. The molecule has 0 amide bonds. The van der Waals surface area contributed by atoms with Gasteiger partial charge in [-0.05, 0) is 76.2 Å². The smallest absolute Gasteiger partial charge is 0.229 e. The number of rotatable bonds is 16. The Kier molecular flexibility index (Phi) is 11.6. The highest BCUT2D eigenvalue weighted by atomic mass is 16.5. The van der Waals surface area contributed by atoms with Gasteiger partial charge in [-0.15, -0.1) is 13.2 Å². The normalized spacial score (nSPS) is 16.4. The molecule has 0 radical (unpaired) electrons. The van der Waals surface area contributed by atoms with E-state index in [-0.39, 0.29) is 0 Å². The standard InChI is InChI=1S/C31H45N5O3/c1-4-18-37-20-12-26-10-15-36(16-11-26)30-25(3)23-32-31(34-30)33-28-8-9-29(27(22-28)24-38-19-5-2)39-21-17-35-13-6-7-14-35/h4-5,8-9,22-23,26H,1-2,6-7,10-21,24H2,3H3,(H,32,33,34). The zero-order valence-corrected chi connectivity index (χ0v) is 23.6. The second kappa shape index (κ2) is 15.6. The van der Waals surface area contributed by atoms with Crippen LogP contribution in [0, 0.1) is 12.8 Å². The van der Waals surface area contributed by atoms with Crippen LogP contribution in [0.5, 0.6) is 5.75 Å². The number of likely N-dealkylation sites (tertiary alicyclic amines) is 1. The largest absolute Gasteiger partial charge is 0.492 e. The van der Waals surface area contributed by atoms with Gasteiger partial charge in [0.25, 0.3) is 0 Å². The first-order valence-corrected chi connectivity index (χ1v) is 14.4. The molecule has 1 aromatic carbocycles. The molecule has 2 aliphatic rings. The summed E-state index contributed by atoms with van der Waals surface area (Å²) in [5, 5.41) is 3.41. The second-order valence-electron chi connectivity index (χ2n) is 10.4. The molecular weight excluding hydrogens is 490 g/mol. The maximum absolute atomic E-state index is 6.17. The van der Waals surface area contributed by atoms with Gasteiger partial charge in [-0.1, -0.05) is 12.2 Å². The number of nitrogens with zero attached hydrogens (tertiary/aromatic N) is 4. The average Bonchev–Trinajstić information content (AvgIpc) is 3.47. The van der Waals surface area contributed by atoms with Crippen molar-refractivity contribution in [3.8, 4) is 5.75 Å². The Morgan fingerprint density at radius 1 is 1.03 bits per heavy atom. The summed E-state index contributed by atoms with van der Waals surface area (Å²) in [6, 6.07) is 6.10. The molecule has 8 nitrogen and oxygen atoms in total. The second-order valence-corrected chi connectivity index (χ2v) is 10.4. The third kappa shape index (κ3) is 9.05. The van der Waals surface area contributed by atoms with E-state index in [2.05, 4.69) is 46.2 Å². The van der Waals surface area contributed by atoms with E-state index in [4.69, 9.17) is 19.2 Å². The number of benzene rings is 1. The number of anilines is 3. The first-order chi connectivity index (χ1) is 19.2. The van der Waals surface area contributed by atoms with E-state index in [1.807, 2.05) is 24.4 Å². The summed E-state index contributed by atoms with van der Waals surface area (Å²) in [5.41, 5.74) is 3.00. The molecule has 2 aliphatic heterocycles. The van der Waals surface area contributed by atoms with Crippen LogP contribution in [0.3, 0.4) is 0 Å². The minimum Gasteiger partial charge on any atom is -0.492 e. The predicted molar refractivity (Wildman–Crippen MR) is 158 cm³/mol. The van der Waals surface area contributed by atoms with Gasteiger partial charge in [-0.3, -0.25) is 4.90 Å². The summed E-state index contributed by atoms with van der Waals surface area (Å²) in [6.07, 6.45) is 11.5. The van der Waals surface area contributed by atoms with Crippen molar-refractivity contribution in [1.29, 1.82) is 0 Å². The fourth-order valence-electron chi connectivity index (χ4n) is 5.25. The first kappa shape index (κ1) is 29.1. The molecule has 1 N–H and O–H groups in total. The molecule has 0 bridgehead atoms. The molecule has 2 saturated heterocycles. The minimum absolute atomic E-state index is 0.453. The highest BCUT2D eigenvalue weighted by molar-refractivity contribution is 5.59. The quantitative estimate of drug-likeness (QED) is 0.223. The third-order valence-electron chi connectivity index (χ3n) is 7.44. The van der Waals surface area contributed by atoms with Crippen molar-refractivity contribution in [3.05, 3.63) is 60.8 Å². The van der Waals surface area contributed by atoms with Crippen LogP contribution in [0.25, 0.3) is 0 Å². The van der Waals surface area contributed by atoms with E-state index in [0.717, 1.165) is 73.9 Å². The first-order valence-electron chi connectivity index (χ1n) is 14.4. The molecule has 1 aromatic heterocycles. The lowest BCUT2D eigenvalue weighted by molar-refractivity contribution is 0.140. The molecule has 2 aromatic rings. The van der Waals surface area contributed by atoms with Crippen LogP contribution < -0.4 is 15.0 Å². The summed E-state index contributed by atoms with van der Waals surface area (Å²) >= 11 is 0. The van der Waals surface area contributed by atoms with Crippen molar-refractivity contribution in [3.63, 3.8) is 0 Å². The number of aromatic nitrogens is 2. The summed E-state index contributed by atoms with van der Waals surface area (Å²) in [6.45, 7) is 17.9. The van der Waals surface area contributed by atoms with Crippen LogP contribution in [0.1, 0.15) is 43.2 Å². The van der Waals surface area contributed by atoms with Crippen LogP contribution >= 0.6 is 0 Å². The van der Waals surface area contributed by atoms with Crippen molar-refractivity contribution in [2.75, 3.05) is 69.4 Å². The Hall–Kier alpha value is -2.94. The number of hydrogen-bond donors (Lipinski definition) is 1. The lowest BCUT2D eigenvalue weighted by atomic mass is 9.94. The summed E-state index contributed by atoms with van der Waals surface area (Å²) in [4.78, 5) is 14.3. The van der Waals surface area contributed by atoms with Gasteiger partial charge < -0.3 is 24.4 Å². The maximum Gasteiger partial charge on any atom is 0.229 e. The number of hydrogen-bond acceptors (Lipinski definition) is 8. The molecule has 8 heteroatoms. The molecule has 4 rings (SSSR count). The summed E-state index contributed by atoms with van der Waals surface area (Å²) < 4.78 is 17.5. The van der Waals surface area contributed by atoms with Gasteiger partial charge in [0, 0.05) is 49.3 Å². The van der Waals surface area contributed by atoms with E-state index in [1.54, 1.807) is 6.08 Å². The molecule has 3 heterocycles. The Bertz CT molecular complexity index is 1050. The number of ether oxygens (including phenoxy) is 3. The van der Waals surface area contributed by atoms with Crippen molar-refractivity contribution < 1.29 is 14.2 Å². The van der Waals surface area contributed by atoms with Gasteiger partial charge in [0.05, 0.1) is 19.8 Å². The van der Waals surface area contributed by atoms with Crippen molar-refractivity contribution in [2.45, 2.75) is 45.6 Å². The molecule has 212 valence electrons. The summed E-state index contributed by atoms with van der Waals surface area (Å²) in [5.74, 6) is 3.15. The zero-order chi connectivity index (χ0) is 27.3. The molecule has 0 saturated carbocycles. The molecule has 0 aliphatic carbocycles. The highest BCUT2D eigenvalue weighted by Gasteiger charge is 2.22. The minimum atomic E-state index is 0.453. The topological polar surface area (TPSA) is 72.0 Å². The Morgan fingerprint density at radius 3 is 2.56 bits per heavy atom. The average molecular weight is 536 g/mol. The third-order valence-corrected chi connectivity index (χ3v) is 7.44. The monoisotopic (exact) mass is 535 g/mol. The lowest BCUT2D eigenvalue weighted by Gasteiger charge is -2.33. The zero-order valence-electron chi connectivity index (χ0n) is 23.6. The Labute approximate surface area is 234 Å². The van der Waals surface area contributed by atoms with Crippen LogP contribution in [0.2, 0.25) is 0 Å². The van der Waals surface area contributed by atoms with Gasteiger partial charge in [-0.25, -0.2) is 4.98 Å². The number of aryl methyl sites for hydroxylation is 1. The van der Waals surface area contributed by atoms with E-state index in [1.165, 1.54) is 25.9 Å². The molecular formula is C31H45N5O3. The maximum atomic E-state index is 6.17. The van der Waals surface area contributed by atoms with Gasteiger partial charge in [0.2, 0.25) is 5.95 Å². The predicted octanol–water partition coefficient (Wildman–Crippen LogP) is 5.51. The van der Waals surface area contributed by atoms with Gasteiger partial charge in [0.15, 0.2) is 0 Å². The number of piperidine rings is 1. The van der Waals surface area contributed by atoms with E-state index < -0.39 is 0 Å². The fourth-order valence-corrected chi connectivity index (χ4v) is 5.25. The highest BCUT2D eigenvalue weighted by Crippen LogP contribution is 2.29. The van der Waals surface area contributed by atoms with Gasteiger partial charge in [-0.2, -0.15) is 4.98 Å². The molecule has 0 unspecified atom stereocenters. The van der Waals surface area contributed by atoms with Crippen molar-refractivity contribution in [2.24, 2.45) is 5.92 Å². The van der Waals surface area contributed by atoms with Crippen LogP contribution in [0.4, 0.5) is 17.5 Å². The molecule has 39 heavy (non-hydrogen) atoms. The van der Waals surface area contributed by atoms with Crippen LogP contribution in [0.15, 0.2) is 49.7 Å². The van der Waals surface area contributed by atoms with Crippen molar-refractivity contribution >= 4 is 17.5 Å². The van der Waals surface area contributed by atoms with Crippen molar-refractivity contribution in [1.82, 2.24) is 14.9 Å². The molecule has 0 spiro atoms. The number of nitrogens with one attached hydrogen (secondary N) is 1. The van der Waals surface area contributed by atoms with E-state index in [9.17, 15) is 0 Å². The van der Waals surface area contributed by atoms with Gasteiger partial charge in [0.1, 0.15) is 18.2 Å². The molecule has 0 atom stereocenters. The Morgan fingerprint density at radius 2 is 1.79 bits per heavy atom. The Balaban J connectivity index is 1.37. The van der Waals surface area contributed by atoms with Crippen LogP contribution in [-0.4, -0.2) is 74.0 Å².